The zero-order valence-corrected chi connectivity index (χ0v) is 6.36. The quantitative estimate of drug-likeness (QED) is 0.589. The van der Waals surface area contributed by atoms with E-state index in [1.54, 1.807) is 31.7 Å². The van der Waals surface area contributed by atoms with E-state index in [9.17, 15) is 0 Å². The Bertz CT molecular complexity index is 278. The van der Waals surface area contributed by atoms with Crippen LogP contribution in [0.1, 0.15) is 11.4 Å². The molecule has 0 bridgehead atoms. The van der Waals surface area contributed by atoms with Gasteiger partial charge in [-0.05, 0) is 6.08 Å². The standard InChI is InChI=1S/C8H9N3/c1-3-7-8(6-9-2)11-5-4-10-7/h3-6H,1H2,2H3. The van der Waals surface area contributed by atoms with Gasteiger partial charge < -0.3 is 0 Å². The van der Waals surface area contributed by atoms with Crippen LogP contribution in [0.3, 0.4) is 0 Å². The summed E-state index contributed by atoms with van der Waals surface area (Å²) in [6.45, 7) is 3.61. The molecule has 0 unspecified atom stereocenters. The van der Waals surface area contributed by atoms with Gasteiger partial charge in [0.1, 0.15) is 5.69 Å². The zero-order valence-electron chi connectivity index (χ0n) is 6.36. The first-order valence-electron chi connectivity index (χ1n) is 3.24. The summed E-state index contributed by atoms with van der Waals surface area (Å²) in [6, 6.07) is 0. The fraction of sp³-hybridized carbons (Fsp3) is 0.125. The third kappa shape index (κ3) is 1.70. The van der Waals surface area contributed by atoms with Gasteiger partial charge >= 0.3 is 0 Å². The second-order valence-corrected chi connectivity index (χ2v) is 1.92. The number of aromatic nitrogens is 2. The van der Waals surface area contributed by atoms with Gasteiger partial charge in [-0.3, -0.25) is 15.0 Å². The van der Waals surface area contributed by atoms with Crippen molar-refractivity contribution in [3.8, 4) is 0 Å². The van der Waals surface area contributed by atoms with E-state index < -0.39 is 0 Å². The van der Waals surface area contributed by atoms with Crippen LogP contribution < -0.4 is 0 Å². The lowest BCUT2D eigenvalue weighted by Crippen LogP contribution is -1.93. The van der Waals surface area contributed by atoms with Crippen molar-refractivity contribution >= 4 is 12.3 Å². The van der Waals surface area contributed by atoms with Gasteiger partial charge in [0.15, 0.2) is 0 Å². The summed E-state index contributed by atoms with van der Waals surface area (Å²) in [6.07, 6.45) is 6.57. The number of aliphatic imine (C=N–C) groups is 1. The van der Waals surface area contributed by atoms with Crippen molar-refractivity contribution < 1.29 is 0 Å². The Labute approximate surface area is 65.5 Å². The van der Waals surface area contributed by atoms with E-state index >= 15 is 0 Å². The normalized spacial score (nSPS) is 10.3. The van der Waals surface area contributed by atoms with E-state index in [0.717, 1.165) is 11.4 Å². The fourth-order valence-corrected chi connectivity index (χ4v) is 0.739. The van der Waals surface area contributed by atoms with Crippen molar-refractivity contribution in [2.24, 2.45) is 4.99 Å². The van der Waals surface area contributed by atoms with Crippen LogP contribution in [0.4, 0.5) is 0 Å². The molecule has 0 saturated carbocycles. The second kappa shape index (κ2) is 3.61. The molecule has 3 nitrogen and oxygen atoms in total. The molecule has 0 N–H and O–H groups in total. The van der Waals surface area contributed by atoms with Gasteiger partial charge in [0, 0.05) is 25.7 Å². The molecular weight excluding hydrogens is 138 g/mol. The highest BCUT2D eigenvalue weighted by atomic mass is 14.8. The number of rotatable bonds is 2. The van der Waals surface area contributed by atoms with Crippen LogP contribution >= 0.6 is 0 Å². The molecule has 1 aromatic heterocycles. The van der Waals surface area contributed by atoms with E-state index in [4.69, 9.17) is 0 Å². The Hall–Kier alpha value is -1.51. The van der Waals surface area contributed by atoms with Crippen LogP contribution in [-0.4, -0.2) is 23.2 Å². The molecule has 0 aromatic carbocycles. The monoisotopic (exact) mass is 147 g/mol. The van der Waals surface area contributed by atoms with Crippen LogP contribution in [0, 0.1) is 0 Å². The molecule has 1 aromatic rings. The SMILES string of the molecule is C=Cc1nccnc1C=NC. The second-order valence-electron chi connectivity index (χ2n) is 1.92. The number of hydrogen-bond donors (Lipinski definition) is 0. The number of hydrogen-bond acceptors (Lipinski definition) is 3. The van der Waals surface area contributed by atoms with Crippen LogP contribution in [0.25, 0.3) is 6.08 Å². The van der Waals surface area contributed by atoms with Crippen molar-refractivity contribution in [3.05, 3.63) is 30.4 Å². The van der Waals surface area contributed by atoms with Crippen molar-refractivity contribution in [2.45, 2.75) is 0 Å². The molecule has 0 aliphatic carbocycles. The maximum atomic E-state index is 4.06. The molecule has 0 aliphatic heterocycles. The van der Waals surface area contributed by atoms with Gasteiger partial charge in [0.05, 0.1) is 5.69 Å². The number of nitrogens with zero attached hydrogens (tertiary/aromatic N) is 3. The van der Waals surface area contributed by atoms with Gasteiger partial charge in [-0.25, -0.2) is 0 Å². The van der Waals surface area contributed by atoms with E-state index in [-0.39, 0.29) is 0 Å². The molecule has 11 heavy (non-hydrogen) atoms. The Kier molecular flexibility index (Phi) is 2.49. The van der Waals surface area contributed by atoms with E-state index in [1.807, 2.05) is 0 Å². The molecule has 0 radical (unpaired) electrons. The third-order valence-electron chi connectivity index (χ3n) is 1.20. The zero-order chi connectivity index (χ0) is 8.10. The van der Waals surface area contributed by atoms with Gasteiger partial charge in [-0.1, -0.05) is 6.58 Å². The third-order valence-corrected chi connectivity index (χ3v) is 1.20. The first-order chi connectivity index (χ1) is 5.38. The molecule has 1 rings (SSSR count). The largest absolute Gasteiger partial charge is 0.294 e. The first-order valence-corrected chi connectivity index (χ1v) is 3.24. The summed E-state index contributed by atoms with van der Waals surface area (Å²) < 4.78 is 0. The van der Waals surface area contributed by atoms with Crippen LogP contribution in [0.5, 0.6) is 0 Å². The first kappa shape index (κ1) is 7.60. The summed E-state index contributed by atoms with van der Waals surface area (Å²) in [5, 5.41) is 0. The van der Waals surface area contributed by atoms with Crippen molar-refractivity contribution in [1.82, 2.24) is 9.97 Å². The van der Waals surface area contributed by atoms with Crippen LogP contribution in [-0.2, 0) is 0 Å². The Morgan fingerprint density at radius 2 is 2.00 bits per heavy atom. The highest BCUT2D eigenvalue weighted by Crippen LogP contribution is 1.98. The van der Waals surface area contributed by atoms with Gasteiger partial charge in [0.2, 0.25) is 0 Å². The summed E-state index contributed by atoms with van der Waals surface area (Å²) in [5.41, 5.74) is 1.52. The predicted molar refractivity (Wildman–Crippen MR) is 45.6 cm³/mol. The fourth-order valence-electron chi connectivity index (χ4n) is 0.739. The Balaban J connectivity index is 3.11. The molecule has 1 heterocycles. The molecule has 0 amide bonds. The van der Waals surface area contributed by atoms with E-state index in [2.05, 4.69) is 21.5 Å². The smallest absolute Gasteiger partial charge is 0.106 e. The summed E-state index contributed by atoms with van der Waals surface area (Å²) in [7, 11) is 1.70. The predicted octanol–water partition coefficient (Wildman–Crippen LogP) is 1.17. The van der Waals surface area contributed by atoms with Crippen LogP contribution in [0.15, 0.2) is 24.0 Å². The van der Waals surface area contributed by atoms with Gasteiger partial charge in [-0.2, -0.15) is 0 Å². The minimum atomic E-state index is 0.755. The maximum absolute atomic E-state index is 4.06. The summed E-state index contributed by atoms with van der Waals surface area (Å²) in [5.74, 6) is 0. The molecular formula is C8H9N3. The molecule has 3 heteroatoms. The van der Waals surface area contributed by atoms with Crippen molar-refractivity contribution in [1.29, 1.82) is 0 Å². The lowest BCUT2D eigenvalue weighted by Gasteiger charge is -1.94. The summed E-state index contributed by atoms with van der Waals surface area (Å²) in [4.78, 5) is 11.9. The van der Waals surface area contributed by atoms with Crippen molar-refractivity contribution in [3.63, 3.8) is 0 Å². The molecule has 0 atom stereocenters. The minimum absolute atomic E-state index is 0.755. The Morgan fingerprint density at radius 1 is 1.36 bits per heavy atom. The molecule has 0 saturated heterocycles. The average Bonchev–Trinajstić information content (AvgIpc) is 2.06. The lowest BCUT2D eigenvalue weighted by molar-refractivity contribution is 1.16. The molecule has 56 valence electrons. The van der Waals surface area contributed by atoms with E-state index in [0.29, 0.717) is 0 Å². The van der Waals surface area contributed by atoms with Gasteiger partial charge in [0.25, 0.3) is 0 Å². The highest BCUT2D eigenvalue weighted by Gasteiger charge is 1.95. The Morgan fingerprint density at radius 3 is 2.55 bits per heavy atom. The topological polar surface area (TPSA) is 38.1 Å². The van der Waals surface area contributed by atoms with Gasteiger partial charge in [-0.15, -0.1) is 0 Å². The minimum Gasteiger partial charge on any atom is -0.294 e. The highest BCUT2D eigenvalue weighted by molar-refractivity contribution is 5.81. The maximum Gasteiger partial charge on any atom is 0.106 e. The average molecular weight is 147 g/mol. The van der Waals surface area contributed by atoms with Crippen LogP contribution in [0.2, 0.25) is 0 Å². The van der Waals surface area contributed by atoms with E-state index in [1.165, 1.54) is 0 Å². The van der Waals surface area contributed by atoms with Crippen molar-refractivity contribution in [2.75, 3.05) is 7.05 Å². The molecule has 0 aliphatic rings. The molecule has 0 fully saturated rings. The lowest BCUT2D eigenvalue weighted by atomic mass is 10.3. The summed E-state index contributed by atoms with van der Waals surface area (Å²) >= 11 is 0. The molecule has 0 spiro atoms.